The van der Waals surface area contributed by atoms with Gasteiger partial charge in [-0.05, 0) is 115 Å². The second-order valence-electron chi connectivity index (χ2n) is 15.9. The van der Waals surface area contributed by atoms with Crippen LogP contribution in [-0.2, 0) is 18.6 Å². The molecule has 0 aliphatic carbocycles. The lowest BCUT2D eigenvalue weighted by Crippen LogP contribution is -2.41. The summed E-state index contributed by atoms with van der Waals surface area (Å²) in [6.45, 7) is 20.2. The van der Waals surface area contributed by atoms with E-state index in [-0.39, 0.29) is 11.1 Å². The number of imidazole rings is 2. The zero-order valence-corrected chi connectivity index (χ0v) is 34.9. The van der Waals surface area contributed by atoms with E-state index in [0.717, 1.165) is 42.4 Å². The molecule has 0 N–H and O–H groups in total. The van der Waals surface area contributed by atoms with E-state index in [1.165, 1.54) is 22.7 Å². The van der Waals surface area contributed by atoms with Gasteiger partial charge in [-0.2, -0.15) is 0 Å². The lowest BCUT2D eigenvalue weighted by Gasteiger charge is -2.32. The third-order valence-electron chi connectivity index (χ3n) is 11.4. The van der Waals surface area contributed by atoms with Crippen molar-refractivity contribution in [3.8, 4) is 0 Å². The van der Waals surface area contributed by atoms with Crippen molar-refractivity contribution in [1.29, 1.82) is 0 Å². The van der Waals surface area contributed by atoms with E-state index in [0.29, 0.717) is 20.7 Å². The highest BCUT2D eigenvalue weighted by molar-refractivity contribution is 7.23. The number of aromatic nitrogens is 4. The quantitative estimate of drug-likeness (QED) is 0.164. The lowest BCUT2D eigenvalue weighted by molar-refractivity contribution is 0.00578. The van der Waals surface area contributed by atoms with E-state index >= 15 is 0 Å². The number of rotatable bonds is 2. The van der Waals surface area contributed by atoms with Crippen LogP contribution < -0.4 is 22.0 Å². The zero-order chi connectivity index (χ0) is 39.9. The Bertz CT molecular complexity index is 2920. The van der Waals surface area contributed by atoms with Crippen molar-refractivity contribution in [3.05, 3.63) is 106 Å². The van der Waals surface area contributed by atoms with Crippen molar-refractivity contribution in [2.75, 3.05) is 0 Å². The van der Waals surface area contributed by atoms with E-state index in [1.54, 1.807) is 8.80 Å². The molecule has 286 valence electrons. The van der Waals surface area contributed by atoms with Gasteiger partial charge in [-0.3, -0.25) is 9.59 Å². The molecule has 0 amide bonds. The Morgan fingerprint density at radius 1 is 0.518 bits per heavy atom. The van der Waals surface area contributed by atoms with E-state index in [4.69, 9.17) is 18.6 Å². The molecular weight excluding hydrogens is 742 g/mol. The highest BCUT2D eigenvalue weighted by Crippen LogP contribution is 2.38. The summed E-state index contributed by atoms with van der Waals surface area (Å²) in [4.78, 5) is 36.9. The molecule has 0 radical (unpaired) electrons. The average molecular weight is 787 g/mol. The molecule has 2 saturated heterocycles. The summed E-state index contributed by atoms with van der Waals surface area (Å²) in [6, 6.07) is 27.0. The summed E-state index contributed by atoms with van der Waals surface area (Å²) < 4.78 is 29.8. The topological polar surface area (TPSA) is 106 Å². The summed E-state index contributed by atoms with van der Waals surface area (Å²) in [5, 5.41) is 1.36. The summed E-state index contributed by atoms with van der Waals surface area (Å²) >= 11 is 3.03. The summed E-state index contributed by atoms with van der Waals surface area (Å²) in [5.41, 5.74) is 3.21. The van der Waals surface area contributed by atoms with E-state index < -0.39 is 36.6 Å². The predicted octanol–water partition coefficient (Wildman–Crippen LogP) is 7.75. The lowest BCUT2D eigenvalue weighted by atomic mass is 9.79. The predicted molar refractivity (Wildman–Crippen MR) is 231 cm³/mol. The first-order valence-corrected chi connectivity index (χ1v) is 20.6. The van der Waals surface area contributed by atoms with Crippen LogP contribution in [0.2, 0.25) is 0 Å². The highest BCUT2D eigenvalue weighted by Gasteiger charge is 2.52. The van der Waals surface area contributed by atoms with Gasteiger partial charge in [-0.25, -0.2) is 18.8 Å². The van der Waals surface area contributed by atoms with Crippen molar-refractivity contribution >= 4 is 100.0 Å². The molecule has 0 spiro atoms. The van der Waals surface area contributed by atoms with Gasteiger partial charge in [0.2, 0.25) is 0 Å². The first kappa shape index (κ1) is 38.4. The Morgan fingerprint density at radius 3 is 1.57 bits per heavy atom. The molecule has 2 fully saturated rings. The molecule has 0 unspecified atom stereocenters. The minimum Gasteiger partial charge on any atom is -0.399 e. The van der Waals surface area contributed by atoms with Gasteiger partial charge in [0.15, 0.2) is 9.92 Å². The van der Waals surface area contributed by atoms with Gasteiger partial charge in [-0.1, -0.05) is 72.9 Å². The molecule has 10 nitrogen and oxygen atoms in total. The molecule has 0 bridgehead atoms. The summed E-state index contributed by atoms with van der Waals surface area (Å²) in [7, 11) is -0.955. The van der Waals surface area contributed by atoms with Gasteiger partial charge >= 0.3 is 14.2 Å². The number of hydrogen-bond acceptors (Lipinski definition) is 10. The van der Waals surface area contributed by atoms with Crippen LogP contribution in [0.15, 0.2) is 94.5 Å². The maximum Gasteiger partial charge on any atom is 0.494 e. The molecule has 0 saturated carbocycles. The van der Waals surface area contributed by atoms with E-state index in [1.807, 2.05) is 154 Å². The Kier molecular flexibility index (Phi) is 9.34. The third-order valence-corrected chi connectivity index (χ3v) is 13.5. The molecular formula is C42H44B2N4O6S2. The zero-order valence-electron chi connectivity index (χ0n) is 33.3. The summed E-state index contributed by atoms with van der Waals surface area (Å²) in [6.07, 6.45) is 0. The Morgan fingerprint density at radius 2 is 0.964 bits per heavy atom. The van der Waals surface area contributed by atoms with Crippen LogP contribution in [0, 0.1) is 0 Å². The number of benzene rings is 4. The van der Waals surface area contributed by atoms with Gasteiger partial charge < -0.3 is 18.6 Å². The van der Waals surface area contributed by atoms with Crippen LogP contribution >= 0.6 is 22.7 Å². The van der Waals surface area contributed by atoms with Crippen molar-refractivity contribution in [1.82, 2.24) is 18.8 Å². The monoisotopic (exact) mass is 786 g/mol. The highest BCUT2D eigenvalue weighted by atomic mass is 32.1. The molecule has 4 aromatic heterocycles. The van der Waals surface area contributed by atoms with Crippen molar-refractivity contribution < 1.29 is 18.6 Å². The molecule has 56 heavy (non-hydrogen) atoms. The standard InChI is InChI=1S/2C20H19BN2O3S.C2H6/c1-19(2)20(3,4)26-21(25-19)12-9-10-16-13(11-12)17(24)23-15-8-6-5-7-14(15)22-18(23)27-16;1-19(2)20(3,4)26-21(25-19)12-9-10-14-15(11-12)23-17(24)13-7-5-6-8-16(13)27-18(23)22-14;1-2/h2*5-11H,1-4H3;1-2H3. The van der Waals surface area contributed by atoms with Gasteiger partial charge in [-0.15, -0.1) is 0 Å². The molecule has 14 heteroatoms. The van der Waals surface area contributed by atoms with Crippen molar-refractivity contribution in [3.63, 3.8) is 0 Å². The fourth-order valence-electron chi connectivity index (χ4n) is 6.83. The molecule has 10 rings (SSSR count). The molecule has 6 heterocycles. The van der Waals surface area contributed by atoms with Crippen LogP contribution in [-0.4, -0.2) is 55.4 Å². The average Bonchev–Trinajstić information content (AvgIpc) is 3.85. The maximum atomic E-state index is 13.2. The second kappa shape index (κ2) is 13.6. The van der Waals surface area contributed by atoms with Gasteiger partial charge in [0.1, 0.15) is 0 Å². The van der Waals surface area contributed by atoms with Crippen LogP contribution in [0.1, 0.15) is 69.2 Å². The Hall–Kier alpha value is -4.43. The number of para-hydroxylation sites is 2. The van der Waals surface area contributed by atoms with Crippen LogP contribution in [0.4, 0.5) is 0 Å². The van der Waals surface area contributed by atoms with Crippen molar-refractivity contribution in [2.24, 2.45) is 0 Å². The largest absolute Gasteiger partial charge is 0.494 e. The first-order valence-electron chi connectivity index (χ1n) is 18.9. The van der Waals surface area contributed by atoms with Gasteiger partial charge in [0.05, 0.1) is 55.2 Å². The minimum absolute atomic E-state index is 0.0482. The fraction of sp³-hybridized carbons (Fsp3) is 0.333. The first-order chi connectivity index (χ1) is 26.5. The fourth-order valence-corrected chi connectivity index (χ4v) is 8.86. The van der Waals surface area contributed by atoms with Gasteiger partial charge in [0, 0.05) is 9.40 Å². The molecule has 2 aliphatic heterocycles. The summed E-state index contributed by atoms with van der Waals surface area (Å²) in [5.74, 6) is 0. The van der Waals surface area contributed by atoms with Crippen LogP contribution in [0.25, 0.3) is 52.2 Å². The smallest absolute Gasteiger partial charge is 0.399 e. The third kappa shape index (κ3) is 6.18. The van der Waals surface area contributed by atoms with Crippen molar-refractivity contribution in [2.45, 2.75) is 91.6 Å². The minimum atomic E-state index is -0.487. The molecule has 0 atom stereocenters. The molecule has 8 aromatic rings. The van der Waals surface area contributed by atoms with Crippen LogP contribution in [0.3, 0.4) is 0 Å². The molecule has 4 aromatic carbocycles. The van der Waals surface area contributed by atoms with Gasteiger partial charge in [0.25, 0.3) is 11.1 Å². The molecule has 2 aliphatic rings. The maximum absolute atomic E-state index is 13.2. The van der Waals surface area contributed by atoms with E-state index in [9.17, 15) is 9.59 Å². The Balaban J connectivity index is 0.000000151. The second-order valence-corrected chi connectivity index (χ2v) is 18.0. The number of fused-ring (bicyclic) bond motifs is 8. The Labute approximate surface area is 333 Å². The van der Waals surface area contributed by atoms with Crippen LogP contribution in [0.5, 0.6) is 0 Å². The number of hydrogen-bond donors (Lipinski definition) is 0. The number of nitrogens with zero attached hydrogens (tertiary/aromatic N) is 4. The normalized spacial score (nSPS) is 18.2. The SMILES string of the molecule is CC.CC1(C)OB(c2ccc3nc4sc5ccccc5c(=O)n4c3c2)OC1(C)C.CC1(C)OB(c2ccc3sc4nc5ccccc5n4c(=O)c3c2)OC1(C)C. The van der Waals surface area contributed by atoms with E-state index in [2.05, 4.69) is 9.97 Å².